The van der Waals surface area contributed by atoms with Crippen LogP contribution in [0.2, 0.25) is 0 Å². The summed E-state index contributed by atoms with van der Waals surface area (Å²) in [6.07, 6.45) is -1.10. The monoisotopic (exact) mass is 453 g/mol. The number of carbonyl (C=O) groups excluding carboxylic acids is 2. The van der Waals surface area contributed by atoms with Crippen molar-refractivity contribution in [3.63, 3.8) is 0 Å². The van der Waals surface area contributed by atoms with Crippen molar-refractivity contribution in [3.8, 4) is 0 Å². The molecular formula is C19H23N3O6S2. The van der Waals surface area contributed by atoms with Crippen molar-refractivity contribution in [3.05, 3.63) is 40.4 Å². The van der Waals surface area contributed by atoms with Crippen LogP contribution in [0.3, 0.4) is 0 Å². The van der Waals surface area contributed by atoms with Crippen molar-refractivity contribution in [2.24, 2.45) is 0 Å². The molecule has 1 aromatic heterocycles. The number of aromatic nitrogens is 1. The summed E-state index contributed by atoms with van der Waals surface area (Å²) in [6.45, 7) is 4.63. The van der Waals surface area contributed by atoms with Crippen molar-refractivity contribution in [1.29, 1.82) is 0 Å². The van der Waals surface area contributed by atoms with E-state index in [9.17, 15) is 23.1 Å². The number of amides is 1. The Balaban J connectivity index is 1.69. The summed E-state index contributed by atoms with van der Waals surface area (Å²) in [5, 5.41) is 14.6. The number of aliphatic hydroxyl groups excluding tert-OH is 1. The van der Waals surface area contributed by atoms with E-state index in [1.54, 1.807) is 25.3 Å². The highest BCUT2D eigenvalue weighted by Crippen LogP contribution is 2.28. The maximum absolute atomic E-state index is 13.1. The van der Waals surface area contributed by atoms with E-state index in [2.05, 4.69) is 10.3 Å². The van der Waals surface area contributed by atoms with Crippen molar-refractivity contribution in [1.82, 2.24) is 9.29 Å². The first kappa shape index (κ1) is 22.3. The number of hydrogen-bond donors (Lipinski definition) is 2. The fourth-order valence-electron chi connectivity index (χ4n) is 3.07. The minimum atomic E-state index is -4.03. The van der Waals surface area contributed by atoms with Gasteiger partial charge in [-0.25, -0.2) is 13.4 Å². The van der Waals surface area contributed by atoms with Crippen LogP contribution >= 0.6 is 11.3 Å². The van der Waals surface area contributed by atoms with E-state index in [4.69, 9.17) is 4.74 Å². The number of β-amino-alcohol motifs (C(OH)–C–C–N with tert-alkyl or cyclic N) is 1. The Kier molecular flexibility index (Phi) is 6.56. The fraction of sp³-hybridized carbons (Fsp3) is 0.421. The summed E-state index contributed by atoms with van der Waals surface area (Å²) >= 11 is 1.24. The predicted octanol–water partition coefficient (Wildman–Crippen LogP) is 1.37. The third-order valence-corrected chi connectivity index (χ3v) is 7.55. The van der Waals surface area contributed by atoms with Gasteiger partial charge in [0.15, 0.2) is 11.7 Å². The van der Waals surface area contributed by atoms with Gasteiger partial charge in [-0.15, -0.1) is 11.3 Å². The second kappa shape index (κ2) is 8.80. The first-order valence-corrected chi connectivity index (χ1v) is 11.6. The van der Waals surface area contributed by atoms with E-state index in [1.165, 1.54) is 23.5 Å². The summed E-state index contributed by atoms with van der Waals surface area (Å²) < 4.78 is 32.1. The molecule has 30 heavy (non-hydrogen) atoms. The lowest BCUT2D eigenvalue weighted by Crippen LogP contribution is -2.42. The van der Waals surface area contributed by atoms with Gasteiger partial charge in [0.05, 0.1) is 16.7 Å². The van der Waals surface area contributed by atoms with Crippen LogP contribution in [0, 0.1) is 20.8 Å². The van der Waals surface area contributed by atoms with Gasteiger partial charge in [0, 0.05) is 18.3 Å². The molecule has 2 atom stereocenters. The Morgan fingerprint density at radius 1 is 1.30 bits per heavy atom. The Bertz CT molecular complexity index is 1070. The number of hydrogen-bond acceptors (Lipinski definition) is 8. The van der Waals surface area contributed by atoms with Gasteiger partial charge in [-0.1, -0.05) is 6.07 Å². The molecule has 11 heteroatoms. The smallest absolute Gasteiger partial charge is 0.325 e. The molecule has 2 heterocycles. The molecule has 0 spiro atoms. The lowest BCUT2D eigenvalue weighted by atomic mass is 10.1. The van der Waals surface area contributed by atoms with E-state index < -0.39 is 40.7 Å². The summed E-state index contributed by atoms with van der Waals surface area (Å²) in [5.41, 5.74) is 2.48. The third kappa shape index (κ3) is 4.86. The molecule has 0 radical (unpaired) electrons. The normalized spacial score (nSPS) is 19.6. The molecule has 0 bridgehead atoms. The molecule has 1 aliphatic rings. The number of thiazole rings is 1. The zero-order valence-electron chi connectivity index (χ0n) is 16.8. The van der Waals surface area contributed by atoms with Gasteiger partial charge in [0.1, 0.15) is 6.04 Å². The Hall–Kier alpha value is -2.34. The second-order valence-corrected chi connectivity index (χ2v) is 9.92. The zero-order chi connectivity index (χ0) is 22.1. The quantitative estimate of drug-likeness (QED) is 0.633. The van der Waals surface area contributed by atoms with E-state index >= 15 is 0 Å². The molecule has 0 saturated carbocycles. The number of anilines is 1. The molecule has 1 unspecified atom stereocenters. The largest absolute Gasteiger partial charge is 0.454 e. The number of carbonyl (C=O) groups is 2. The molecule has 1 aromatic carbocycles. The zero-order valence-corrected chi connectivity index (χ0v) is 18.4. The predicted molar refractivity (Wildman–Crippen MR) is 111 cm³/mol. The van der Waals surface area contributed by atoms with Crippen molar-refractivity contribution >= 4 is 38.4 Å². The molecule has 2 N–H and O–H groups in total. The maximum Gasteiger partial charge on any atom is 0.325 e. The molecule has 0 aliphatic carbocycles. The van der Waals surface area contributed by atoms with Crippen LogP contribution < -0.4 is 5.32 Å². The average molecular weight is 454 g/mol. The van der Waals surface area contributed by atoms with Crippen LogP contribution in [-0.2, 0) is 24.3 Å². The highest BCUT2D eigenvalue weighted by Gasteiger charge is 2.44. The highest BCUT2D eigenvalue weighted by molar-refractivity contribution is 7.89. The van der Waals surface area contributed by atoms with Crippen LogP contribution in [0.15, 0.2) is 28.5 Å². The first-order valence-electron chi connectivity index (χ1n) is 9.23. The number of aliphatic hydroxyl groups is 1. The molecule has 1 fully saturated rings. The molecule has 1 amide bonds. The first-order chi connectivity index (χ1) is 14.1. The molecule has 1 aliphatic heterocycles. The molecule has 162 valence electrons. The van der Waals surface area contributed by atoms with Gasteiger partial charge in [0.2, 0.25) is 10.0 Å². The van der Waals surface area contributed by atoms with Crippen LogP contribution in [0.4, 0.5) is 5.13 Å². The molecule has 2 aromatic rings. The summed E-state index contributed by atoms with van der Waals surface area (Å²) in [5.74, 6) is -1.47. The Morgan fingerprint density at radius 3 is 2.67 bits per heavy atom. The Labute approximate surface area is 178 Å². The third-order valence-electron chi connectivity index (χ3n) is 4.80. The minimum absolute atomic E-state index is 0.0365. The SMILES string of the molecule is Cc1csc(NC(=O)COC(=O)[C@@H]2CC(O)CN2S(=O)(=O)c2ccc(C)c(C)c2)n1. The highest BCUT2D eigenvalue weighted by atomic mass is 32.2. The topological polar surface area (TPSA) is 126 Å². The van der Waals surface area contributed by atoms with Crippen LogP contribution in [0.5, 0.6) is 0 Å². The van der Waals surface area contributed by atoms with Gasteiger partial charge >= 0.3 is 5.97 Å². The molecular weight excluding hydrogens is 430 g/mol. The number of esters is 1. The van der Waals surface area contributed by atoms with E-state index in [0.29, 0.717) is 5.13 Å². The standard InChI is InChI=1S/C19H23N3O6S2/c1-11-4-5-15(6-12(11)2)30(26,27)22-8-14(23)7-16(22)18(25)28-9-17(24)21-19-20-13(3)10-29-19/h4-6,10,14,16,23H,7-9H2,1-3H3,(H,20,21,24)/t14?,16-/m0/s1. The lowest BCUT2D eigenvalue weighted by Gasteiger charge is -2.22. The van der Waals surface area contributed by atoms with Gasteiger partial charge in [-0.05, 0) is 44.0 Å². The van der Waals surface area contributed by atoms with E-state index in [1.807, 2.05) is 6.92 Å². The number of benzene rings is 1. The number of nitrogens with one attached hydrogen (secondary N) is 1. The summed E-state index contributed by atoms with van der Waals surface area (Å²) in [7, 11) is -4.03. The maximum atomic E-state index is 13.1. The minimum Gasteiger partial charge on any atom is -0.454 e. The number of rotatable bonds is 6. The van der Waals surface area contributed by atoms with Gasteiger partial charge in [-0.2, -0.15) is 4.31 Å². The fourth-order valence-corrected chi connectivity index (χ4v) is 5.49. The number of sulfonamides is 1. The second-order valence-electron chi connectivity index (χ2n) is 7.18. The molecule has 1 saturated heterocycles. The van der Waals surface area contributed by atoms with Gasteiger partial charge < -0.3 is 9.84 Å². The summed E-state index contributed by atoms with van der Waals surface area (Å²) in [6, 6.07) is 3.48. The number of nitrogens with zero attached hydrogens (tertiary/aromatic N) is 2. The van der Waals surface area contributed by atoms with Crippen LogP contribution in [0.1, 0.15) is 23.2 Å². The van der Waals surface area contributed by atoms with Crippen molar-refractivity contribution < 1.29 is 27.9 Å². The molecule has 9 nitrogen and oxygen atoms in total. The van der Waals surface area contributed by atoms with Crippen molar-refractivity contribution in [2.75, 3.05) is 18.5 Å². The Morgan fingerprint density at radius 2 is 2.03 bits per heavy atom. The lowest BCUT2D eigenvalue weighted by molar-refractivity contribution is -0.150. The average Bonchev–Trinajstić information content (AvgIpc) is 3.27. The van der Waals surface area contributed by atoms with Gasteiger partial charge in [-0.3, -0.25) is 14.9 Å². The number of ether oxygens (including phenoxy) is 1. The van der Waals surface area contributed by atoms with E-state index in [-0.39, 0.29) is 17.9 Å². The van der Waals surface area contributed by atoms with Crippen molar-refractivity contribution in [2.45, 2.75) is 44.2 Å². The summed E-state index contributed by atoms with van der Waals surface area (Å²) in [4.78, 5) is 28.6. The van der Waals surface area contributed by atoms with Gasteiger partial charge in [0.25, 0.3) is 5.91 Å². The van der Waals surface area contributed by atoms with Crippen LogP contribution in [0.25, 0.3) is 0 Å². The molecule has 3 rings (SSSR count). The number of aryl methyl sites for hydroxylation is 3. The van der Waals surface area contributed by atoms with Crippen LogP contribution in [-0.4, -0.2) is 60.0 Å². The van der Waals surface area contributed by atoms with E-state index in [0.717, 1.165) is 21.1 Å².